The van der Waals surface area contributed by atoms with Crippen LogP contribution in [0.25, 0.3) is 0 Å². The van der Waals surface area contributed by atoms with E-state index in [9.17, 15) is 0 Å². The first-order valence-corrected chi connectivity index (χ1v) is 6.43. The van der Waals surface area contributed by atoms with Gasteiger partial charge in [0.05, 0.1) is 5.69 Å². The van der Waals surface area contributed by atoms with Gasteiger partial charge in [-0.1, -0.05) is 13.8 Å². The van der Waals surface area contributed by atoms with Gasteiger partial charge >= 0.3 is 0 Å². The summed E-state index contributed by atoms with van der Waals surface area (Å²) in [5.41, 5.74) is 1.03. The zero-order chi connectivity index (χ0) is 12.5. The first-order chi connectivity index (χ1) is 8.24. The van der Waals surface area contributed by atoms with Crippen molar-refractivity contribution >= 4 is 0 Å². The first kappa shape index (κ1) is 14.2. The molecule has 0 aliphatic carbocycles. The summed E-state index contributed by atoms with van der Waals surface area (Å²) in [4.78, 5) is 4.24. The normalized spacial score (nSPS) is 11.3. The second-order valence-corrected chi connectivity index (χ2v) is 4.55. The van der Waals surface area contributed by atoms with Crippen LogP contribution in [0.3, 0.4) is 0 Å². The second kappa shape index (κ2) is 8.25. The smallest absolute Gasteiger partial charge is 0.181 e. The number of hydrogen-bond donors (Lipinski definition) is 1. The van der Waals surface area contributed by atoms with Crippen molar-refractivity contribution in [3.05, 3.63) is 17.8 Å². The predicted octanol–water partition coefficient (Wildman–Crippen LogP) is 2.39. The monoisotopic (exact) mass is 240 g/mol. The summed E-state index contributed by atoms with van der Waals surface area (Å²) in [7, 11) is 0. The van der Waals surface area contributed by atoms with Gasteiger partial charge in [-0.25, -0.2) is 4.98 Å². The van der Waals surface area contributed by atoms with E-state index in [1.807, 2.05) is 6.92 Å². The van der Waals surface area contributed by atoms with Gasteiger partial charge in [-0.2, -0.15) is 0 Å². The topological polar surface area (TPSA) is 47.3 Å². The fourth-order valence-electron chi connectivity index (χ4n) is 1.60. The Morgan fingerprint density at radius 2 is 2.29 bits per heavy atom. The number of hydrogen-bond acceptors (Lipinski definition) is 4. The Bertz CT molecular complexity index is 297. The van der Waals surface area contributed by atoms with Gasteiger partial charge in [0.15, 0.2) is 6.39 Å². The highest BCUT2D eigenvalue weighted by Gasteiger charge is 2.07. The van der Waals surface area contributed by atoms with Crippen molar-refractivity contribution in [2.24, 2.45) is 5.92 Å². The third-order valence-corrected chi connectivity index (χ3v) is 2.47. The van der Waals surface area contributed by atoms with Crippen molar-refractivity contribution in [2.75, 3.05) is 19.8 Å². The fourth-order valence-corrected chi connectivity index (χ4v) is 1.60. The van der Waals surface area contributed by atoms with Gasteiger partial charge < -0.3 is 14.5 Å². The van der Waals surface area contributed by atoms with Gasteiger partial charge in [0, 0.05) is 26.2 Å². The molecule has 98 valence electrons. The molecule has 4 heteroatoms. The van der Waals surface area contributed by atoms with E-state index in [0.717, 1.165) is 50.6 Å². The summed E-state index contributed by atoms with van der Waals surface area (Å²) in [6, 6.07) is 0. The average Bonchev–Trinajstić information content (AvgIpc) is 2.72. The molecule has 0 spiro atoms. The molecule has 1 N–H and O–H groups in total. The van der Waals surface area contributed by atoms with Crippen LogP contribution in [-0.4, -0.2) is 24.7 Å². The minimum absolute atomic E-state index is 0.656. The average molecular weight is 240 g/mol. The highest BCUT2D eigenvalue weighted by atomic mass is 16.5. The van der Waals surface area contributed by atoms with E-state index < -0.39 is 0 Å². The van der Waals surface area contributed by atoms with Crippen molar-refractivity contribution in [3.63, 3.8) is 0 Å². The molecular formula is C13H24N2O2. The molecule has 0 saturated heterocycles. The van der Waals surface area contributed by atoms with Gasteiger partial charge in [-0.05, 0) is 25.8 Å². The lowest BCUT2D eigenvalue weighted by atomic mass is 10.2. The lowest BCUT2D eigenvalue weighted by Gasteiger charge is -2.06. The van der Waals surface area contributed by atoms with E-state index in [4.69, 9.17) is 9.15 Å². The van der Waals surface area contributed by atoms with Crippen LogP contribution in [0.5, 0.6) is 0 Å². The van der Waals surface area contributed by atoms with Crippen LogP contribution in [0.2, 0.25) is 0 Å². The number of nitrogens with one attached hydrogen (secondary N) is 1. The van der Waals surface area contributed by atoms with Crippen molar-refractivity contribution in [1.82, 2.24) is 10.3 Å². The predicted molar refractivity (Wildman–Crippen MR) is 67.9 cm³/mol. The summed E-state index contributed by atoms with van der Waals surface area (Å²) in [5, 5.41) is 3.38. The first-order valence-electron chi connectivity index (χ1n) is 6.43. The third kappa shape index (κ3) is 5.84. The Morgan fingerprint density at radius 3 is 3.00 bits per heavy atom. The Kier molecular flexibility index (Phi) is 6.89. The lowest BCUT2D eigenvalue weighted by molar-refractivity contribution is 0.144. The van der Waals surface area contributed by atoms with Crippen LogP contribution in [0.4, 0.5) is 0 Å². The number of ether oxygens (including phenoxy) is 1. The summed E-state index contributed by atoms with van der Waals surface area (Å²) < 4.78 is 10.7. The van der Waals surface area contributed by atoms with E-state index in [1.54, 1.807) is 0 Å². The Morgan fingerprint density at radius 1 is 1.47 bits per heavy atom. The number of aryl methyl sites for hydroxylation is 1. The maximum atomic E-state index is 5.40. The highest BCUT2D eigenvalue weighted by Crippen LogP contribution is 2.09. The summed E-state index contributed by atoms with van der Waals surface area (Å²) in [5.74, 6) is 1.64. The molecule has 4 nitrogen and oxygen atoms in total. The standard InChI is InChI=1S/C13H24N2O2/c1-4-16-7-5-6-13-12(15-10-17-13)9-14-8-11(2)3/h10-11,14H,4-9H2,1-3H3. The van der Waals surface area contributed by atoms with Crippen LogP contribution in [0.1, 0.15) is 38.6 Å². The molecule has 0 aromatic carbocycles. The van der Waals surface area contributed by atoms with Gasteiger partial charge in [0.1, 0.15) is 5.76 Å². The fraction of sp³-hybridized carbons (Fsp3) is 0.769. The van der Waals surface area contributed by atoms with Crippen molar-refractivity contribution in [1.29, 1.82) is 0 Å². The van der Waals surface area contributed by atoms with E-state index in [1.165, 1.54) is 6.39 Å². The molecule has 0 aliphatic heterocycles. The van der Waals surface area contributed by atoms with E-state index in [2.05, 4.69) is 24.1 Å². The van der Waals surface area contributed by atoms with Crippen LogP contribution in [-0.2, 0) is 17.7 Å². The molecule has 0 bridgehead atoms. The number of aromatic nitrogens is 1. The van der Waals surface area contributed by atoms with Gasteiger partial charge in [-0.15, -0.1) is 0 Å². The molecule has 0 atom stereocenters. The van der Waals surface area contributed by atoms with Crippen molar-refractivity contribution in [2.45, 2.75) is 40.2 Å². The molecule has 17 heavy (non-hydrogen) atoms. The van der Waals surface area contributed by atoms with Gasteiger partial charge in [-0.3, -0.25) is 0 Å². The van der Waals surface area contributed by atoms with Gasteiger partial charge in [0.25, 0.3) is 0 Å². The quantitative estimate of drug-likeness (QED) is 0.673. The number of rotatable bonds is 9. The van der Waals surface area contributed by atoms with Crippen molar-refractivity contribution < 1.29 is 9.15 Å². The van der Waals surface area contributed by atoms with Crippen LogP contribution in [0.15, 0.2) is 10.8 Å². The molecule has 0 saturated carbocycles. The van der Waals surface area contributed by atoms with E-state index >= 15 is 0 Å². The van der Waals surface area contributed by atoms with Crippen LogP contribution >= 0.6 is 0 Å². The SMILES string of the molecule is CCOCCCc1ocnc1CNCC(C)C. The molecule has 0 unspecified atom stereocenters. The number of nitrogens with zero attached hydrogens (tertiary/aromatic N) is 1. The zero-order valence-electron chi connectivity index (χ0n) is 11.2. The minimum atomic E-state index is 0.656. The van der Waals surface area contributed by atoms with E-state index in [0.29, 0.717) is 5.92 Å². The van der Waals surface area contributed by atoms with Crippen LogP contribution < -0.4 is 5.32 Å². The van der Waals surface area contributed by atoms with E-state index in [-0.39, 0.29) is 0 Å². The Balaban J connectivity index is 2.27. The summed E-state index contributed by atoms with van der Waals surface area (Å²) in [6.45, 7) is 9.76. The molecule has 1 aromatic rings. The minimum Gasteiger partial charge on any atom is -0.448 e. The summed E-state index contributed by atoms with van der Waals surface area (Å²) >= 11 is 0. The summed E-state index contributed by atoms with van der Waals surface area (Å²) in [6.07, 6.45) is 3.42. The van der Waals surface area contributed by atoms with Crippen molar-refractivity contribution in [3.8, 4) is 0 Å². The Hall–Kier alpha value is -0.870. The molecule has 1 heterocycles. The lowest BCUT2D eigenvalue weighted by Crippen LogP contribution is -2.19. The largest absolute Gasteiger partial charge is 0.448 e. The second-order valence-electron chi connectivity index (χ2n) is 4.55. The molecule has 0 fully saturated rings. The molecular weight excluding hydrogens is 216 g/mol. The number of oxazole rings is 1. The molecule has 0 radical (unpaired) electrons. The van der Waals surface area contributed by atoms with Gasteiger partial charge in [0.2, 0.25) is 0 Å². The maximum Gasteiger partial charge on any atom is 0.181 e. The highest BCUT2D eigenvalue weighted by molar-refractivity contribution is 5.07. The Labute approximate surface area is 104 Å². The zero-order valence-corrected chi connectivity index (χ0v) is 11.2. The molecule has 0 amide bonds. The maximum absolute atomic E-state index is 5.40. The molecule has 1 rings (SSSR count). The molecule has 0 aliphatic rings. The molecule has 1 aromatic heterocycles. The third-order valence-electron chi connectivity index (χ3n) is 2.47. The van der Waals surface area contributed by atoms with Crippen LogP contribution in [0, 0.1) is 5.92 Å².